The molecule has 2 heterocycles. The van der Waals surface area contributed by atoms with Crippen LogP contribution in [0.1, 0.15) is 24.5 Å². The third kappa shape index (κ3) is 2.15. The quantitative estimate of drug-likeness (QED) is 0.814. The summed E-state index contributed by atoms with van der Waals surface area (Å²) in [7, 11) is 0. The average Bonchev–Trinajstić information content (AvgIpc) is 2.72. The van der Waals surface area contributed by atoms with Gasteiger partial charge in [-0.15, -0.1) is 0 Å². The molecule has 1 N–H and O–H groups in total. The van der Waals surface area contributed by atoms with Gasteiger partial charge in [-0.1, -0.05) is 6.07 Å². The summed E-state index contributed by atoms with van der Waals surface area (Å²) in [5.41, 5.74) is 0.580. The first kappa shape index (κ1) is 10.1. The third-order valence-corrected chi connectivity index (χ3v) is 2.61. The summed E-state index contributed by atoms with van der Waals surface area (Å²) in [6.07, 6.45) is 3.12. The average molecular weight is 207 g/mol. The van der Waals surface area contributed by atoms with Gasteiger partial charge in [0.25, 0.3) is 0 Å². The molecule has 80 valence electrons. The Bertz CT molecular complexity index is 333. The fourth-order valence-electron chi connectivity index (χ4n) is 1.90. The van der Waals surface area contributed by atoms with Gasteiger partial charge >= 0.3 is 5.97 Å². The van der Waals surface area contributed by atoms with Crippen molar-refractivity contribution >= 4 is 5.97 Å². The van der Waals surface area contributed by atoms with Crippen molar-refractivity contribution in [1.82, 2.24) is 4.98 Å². The molecule has 1 saturated heterocycles. The van der Waals surface area contributed by atoms with Gasteiger partial charge in [0, 0.05) is 12.8 Å². The molecule has 4 heteroatoms. The standard InChI is InChI=1S/C11H13NO3/c13-11(14)10(9-5-3-7-15-9)8-4-1-2-6-12-8/h1-2,4,6,9-10H,3,5,7H2,(H,13,14). The van der Waals surface area contributed by atoms with Gasteiger partial charge in [0.1, 0.15) is 5.92 Å². The fraction of sp³-hybridized carbons (Fsp3) is 0.455. The molecule has 1 aliphatic rings. The molecule has 2 rings (SSSR count). The summed E-state index contributed by atoms with van der Waals surface area (Å²) in [5, 5.41) is 9.17. The van der Waals surface area contributed by atoms with Crippen LogP contribution in [-0.4, -0.2) is 28.8 Å². The summed E-state index contributed by atoms with van der Waals surface area (Å²) in [6, 6.07) is 5.31. The number of hydrogen-bond acceptors (Lipinski definition) is 3. The Hall–Kier alpha value is -1.42. The van der Waals surface area contributed by atoms with E-state index in [0.29, 0.717) is 12.3 Å². The summed E-state index contributed by atoms with van der Waals surface area (Å²) < 4.78 is 5.41. The number of carboxylic acids is 1. The molecule has 0 aromatic carbocycles. The molecule has 4 nitrogen and oxygen atoms in total. The normalized spacial score (nSPS) is 22.5. The highest BCUT2D eigenvalue weighted by atomic mass is 16.5. The van der Waals surface area contributed by atoms with Gasteiger partial charge in [0.2, 0.25) is 0 Å². The van der Waals surface area contributed by atoms with E-state index in [0.717, 1.165) is 12.8 Å². The molecule has 0 spiro atoms. The number of carbonyl (C=O) groups is 1. The molecular weight excluding hydrogens is 194 g/mol. The van der Waals surface area contributed by atoms with Crippen LogP contribution >= 0.6 is 0 Å². The van der Waals surface area contributed by atoms with Gasteiger partial charge in [0.15, 0.2) is 0 Å². The maximum absolute atomic E-state index is 11.2. The first-order chi connectivity index (χ1) is 7.29. The number of pyridine rings is 1. The highest BCUT2D eigenvalue weighted by Gasteiger charge is 2.33. The van der Waals surface area contributed by atoms with Gasteiger partial charge in [-0.3, -0.25) is 9.78 Å². The molecule has 1 aromatic rings. The van der Waals surface area contributed by atoms with Gasteiger partial charge in [-0.2, -0.15) is 0 Å². The molecule has 2 unspecified atom stereocenters. The van der Waals surface area contributed by atoms with E-state index in [1.165, 1.54) is 0 Å². The van der Waals surface area contributed by atoms with Crippen LogP contribution in [0.15, 0.2) is 24.4 Å². The Balaban J connectivity index is 2.23. The van der Waals surface area contributed by atoms with Crippen LogP contribution in [-0.2, 0) is 9.53 Å². The molecule has 0 aliphatic carbocycles. The molecule has 0 saturated carbocycles. The molecule has 0 radical (unpaired) electrons. The second-order valence-corrected chi connectivity index (χ2v) is 3.62. The number of ether oxygens (including phenoxy) is 1. The number of rotatable bonds is 3. The molecule has 15 heavy (non-hydrogen) atoms. The first-order valence-electron chi connectivity index (χ1n) is 5.04. The van der Waals surface area contributed by atoms with Crippen molar-refractivity contribution in [2.45, 2.75) is 24.9 Å². The number of nitrogens with zero attached hydrogens (tertiary/aromatic N) is 1. The highest BCUT2D eigenvalue weighted by Crippen LogP contribution is 2.27. The van der Waals surface area contributed by atoms with E-state index < -0.39 is 11.9 Å². The van der Waals surface area contributed by atoms with Crippen molar-refractivity contribution in [3.63, 3.8) is 0 Å². The molecule has 0 bridgehead atoms. The van der Waals surface area contributed by atoms with E-state index in [-0.39, 0.29) is 6.10 Å². The Morgan fingerprint density at radius 2 is 2.47 bits per heavy atom. The van der Waals surface area contributed by atoms with E-state index >= 15 is 0 Å². The fourth-order valence-corrected chi connectivity index (χ4v) is 1.90. The van der Waals surface area contributed by atoms with E-state index in [2.05, 4.69) is 4.98 Å². The van der Waals surface area contributed by atoms with Crippen LogP contribution in [0.2, 0.25) is 0 Å². The van der Waals surface area contributed by atoms with Crippen LogP contribution in [0.3, 0.4) is 0 Å². The van der Waals surface area contributed by atoms with Gasteiger partial charge in [-0.05, 0) is 25.0 Å². The summed E-state index contributed by atoms with van der Waals surface area (Å²) in [5.74, 6) is -1.49. The van der Waals surface area contributed by atoms with E-state index in [4.69, 9.17) is 9.84 Å². The maximum atomic E-state index is 11.2. The molecule has 0 amide bonds. The van der Waals surface area contributed by atoms with Gasteiger partial charge in [0.05, 0.1) is 11.8 Å². The zero-order chi connectivity index (χ0) is 10.7. The molecule has 1 aromatic heterocycles. The maximum Gasteiger partial charge on any atom is 0.315 e. The summed E-state index contributed by atoms with van der Waals surface area (Å²) in [4.78, 5) is 15.3. The van der Waals surface area contributed by atoms with Crippen molar-refractivity contribution in [3.05, 3.63) is 30.1 Å². The van der Waals surface area contributed by atoms with Crippen molar-refractivity contribution in [3.8, 4) is 0 Å². The van der Waals surface area contributed by atoms with Crippen LogP contribution in [0, 0.1) is 0 Å². The molecule has 2 atom stereocenters. The zero-order valence-corrected chi connectivity index (χ0v) is 8.30. The van der Waals surface area contributed by atoms with Gasteiger partial charge < -0.3 is 9.84 Å². The van der Waals surface area contributed by atoms with Crippen molar-refractivity contribution in [2.24, 2.45) is 0 Å². The Labute approximate surface area is 87.9 Å². The number of carboxylic acid groups (broad SMARTS) is 1. The highest BCUT2D eigenvalue weighted by molar-refractivity contribution is 5.76. The minimum absolute atomic E-state index is 0.225. The lowest BCUT2D eigenvalue weighted by atomic mass is 9.96. The second kappa shape index (κ2) is 4.40. The third-order valence-electron chi connectivity index (χ3n) is 2.61. The van der Waals surface area contributed by atoms with Crippen molar-refractivity contribution < 1.29 is 14.6 Å². The lowest BCUT2D eigenvalue weighted by Gasteiger charge is -2.17. The molecule has 1 fully saturated rings. The van der Waals surface area contributed by atoms with Crippen molar-refractivity contribution in [1.29, 1.82) is 0 Å². The van der Waals surface area contributed by atoms with E-state index in [1.807, 2.05) is 0 Å². The van der Waals surface area contributed by atoms with Crippen LogP contribution in [0.25, 0.3) is 0 Å². The number of aliphatic carboxylic acids is 1. The molecule has 1 aliphatic heterocycles. The van der Waals surface area contributed by atoms with Gasteiger partial charge in [-0.25, -0.2) is 0 Å². The minimum atomic E-state index is -0.861. The van der Waals surface area contributed by atoms with E-state index in [1.54, 1.807) is 24.4 Å². The van der Waals surface area contributed by atoms with Crippen LogP contribution in [0.5, 0.6) is 0 Å². The topological polar surface area (TPSA) is 59.4 Å². The summed E-state index contributed by atoms with van der Waals surface area (Å²) >= 11 is 0. The SMILES string of the molecule is O=C(O)C(c1ccccn1)C1CCCO1. The zero-order valence-electron chi connectivity index (χ0n) is 8.30. The Morgan fingerprint density at radius 1 is 1.60 bits per heavy atom. The molecular formula is C11H13NO3. The lowest BCUT2D eigenvalue weighted by molar-refractivity contribution is -0.142. The second-order valence-electron chi connectivity index (χ2n) is 3.62. The Morgan fingerprint density at radius 3 is 3.00 bits per heavy atom. The summed E-state index contributed by atoms with van der Waals surface area (Å²) in [6.45, 7) is 0.654. The monoisotopic (exact) mass is 207 g/mol. The number of hydrogen-bond donors (Lipinski definition) is 1. The van der Waals surface area contributed by atoms with Crippen LogP contribution in [0.4, 0.5) is 0 Å². The smallest absolute Gasteiger partial charge is 0.315 e. The first-order valence-corrected chi connectivity index (χ1v) is 5.04. The largest absolute Gasteiger partial charge is 0.481 e. The van der Waals surface area contributed by atoms with Crippen molar-refractivity contribution in [2.75, 3.05) is 6.61 Å². The predicted octanol–water partition coefficient (Wildman–Crippen LogP) is 1.43. The van der Waals surface area contributed by atoms with E-state index in [9.17, 15) is 4.79 Å². The predicted molar refractivity (Wildman–Crippen MR) is 53.6 cm³/mol. The lowest BCUT2D eigenvalue weighted by Crippen LogP contribution is -2.26. The number of aromatic nitrogens is 1. The Kier molecular flexibility index (Phi) is 2.97. The minimum Gasteiger partial charge on any atom is -0.481 e. The van der Waals surface area contributed by atoms with Crippen LogP contribution < -0.4 is 0 Å².